The minimum Gasteiger partial charge on any atom is -0.495 e. The van der Waals surface area contributed by atoms with Crippen LogP contribution < -0.4 is 10.1 Å². The zero-order valence-corrected chi connectivity index (χ0v) is 16.8. The van der Waals surface area contributed by atoms with Gasteiger partial charge in [0.1, 0.15) is 11.5 Å². The minimum atomic E-state index is -1.32. The second-order valence-electron chi connectivity index (χ2n) is 6.47. The monoisotopic (exact) mass is 406 g/mol. The van der Waals surface area contributed by atoms with Crippen LogP contribution in [0.3, 0.4) is 0 Å². The molecule has 1 atom stereocenters. The standard InChI is InChI=1S/C20H26N2O5S/c1-25-17-5-2-3-6-19(17)28(24)15-16-7-8-18(27-16)20(23)21-9-4-10-22-11-13-26-14-12-22/h2-3,5-8H,4,9-15H2,1H3,(H,21,23). The average Bonchev–Trinajstić information content (AvgIpc) is 3.20. The van der Waals surface area contributed by atoms with E-state index in [1.807, 2.05) is 12.1 Å². The Hall–Kier alpha value is -2.16. The van der Waals surface area contributed by atoms with Crippen molar-refractivity contribution in [3.05, 3.63) is 47.9 Å². The van der Waals surface area contributed by atoms with Crippen molar-refractivity contribution in [2.75, 3.05) is 46.5 Å². The molecule has 1 aliphatic rings. The second kappa shape index (κ2) is 10.4. The van der Waals surface area contributed by atoms with Crippen molar-refractivity contribution >= 4 is 16.7 Å². The Kier molecular flexibility index (Phi) is 7.64. The highest BCUT2D eigenvalue weighted by molar-refractivity contribution is 7.84. The van der Waals surface area contributed by atoms with Crippen molar-refractivity contribution in [2.24, 2.45) is 0 Å². The first-order valence-corrected chi connectivity index (χ1v) is 10.7. The number of morpholine rings is 1. The van der Waals surface area contributed by atoms with Crippen molar-refractivity contribution in [1.29, 1.82) is 0 Å². The van der Waals surface area contributed by atoms with Crippen molar-refractivity contribution in [3.63, 3.8) is 0 Å². The third-order valence-corrected chi connectivity index (χ3v) is 5.89. The van der Waals surface area contributed by atoms with Gasteiger partial charge in [-0.3, -0.25) is 13.9 Å². The largest absolute Gasteiger partial charge is 0.495 e. The number of nitrogens with one attached hydrogen (secondary N) is 1. The number of carbonyl (C=O) groups excluding carboxylic acids is 1. The van der Waals surface area contributed by atoms with Crippen LogP contribution >= 0.6 is 0 Å². The van der Waals surface area contributed by atoms with Gasteiger partial charge in [-0.2, -0.15) is 0 Å². The Balaban J connectivity index is 1.46. The molecule has 1 aromatic carbocycles. The molecule has 152 valence electrons. The Morgan fingerprint density at radius 2 is 2.00 bits per heavy atom. The molecule has 7 nitrogen and oxygen atoms in total. The average molecular weight is 407 g/mol. The van der Waals surface area contributed by atoms with E-state index in [1.54, 1.807) is 31.4 Å². The molecule has 1 aromatic heterocycles. The first kappa shape index (κ1) is 20.6. The van der Waals surface area contributed by atoms with Gasteiger partial charge >= 0.3 is 0 Å². The van der Waals surface area contributed by atoms with Gasteiger partial charge in [0.25, 0.3) is 5.91 Å². The summed E-state index contributed by atoms with van der Waals surface area (Å²) in [5.41, 5.74) is 0. The van der Waals surface area contributed by atoms with E-state index in [-0.39, 0.29) is 17.4 Å². The minimum absolute atomic E-state index is 0.185. The molecule has 1 aliphatic heterocycles. The van der Waals surface area contributed by atoms with Crippen LogP contribution in [-0.2, 0) is 21.3 Å². The first-order chi connectivity index (χ1) is 13.7. The Bertz CT molecular complexity index is 801. The number of hydrogen-bond acceptors (Lipinski definition) is 6. The van der Waals surface area contributed by atoms with Crippen LogP contribution in [0.25, 0.3) is 0 Å². The van der Waals surface area contributed by atoms with Crippen molar-refractivity contribution in [1.82, 2.24) is 10.2 Å². The van der Waals surface area contributed by atoms with Gasteiger partial charge in [-0.15, -0.1) is 0 Å². The van der Waals surface area contributed by atoms with Crippen LogP contribution in [0.1, 0.15) is 22.7 Å². The number of rotatable bonds is 9. The number of nitrogens with zero attached hydrogens (tertiary/aromatic N) is 1. The molecule has 28 heavy (non-hydrogen) atoms. The van der Waals surface area contributed by atoms with Gasteiger partial charge in [0, 0.05) is 19.6 Å². The van der Waals surface area contributed by atoms with E-state index in [9.17, 15) is 9.00 Å². The third kappa shape index (κ3) is 5.67. The summed E-state index contributed by atoms with van der Waals surface area (Å²) in [5.74, 6) is 1.24. The Morgan fingerprint density at radius 1 is 1.21 bits per heavy atom. The summed E-state index contributed by atoms with van der Waals surface area (Å²) < 4.78 is 28.7. The molecule has 1 saturated heterocycles. The summed E-state index contributed by atoms with van der Waals surface area (Å²) in [4.78, 5) is 15.2. The highest BCUT2D eigenvalue weighted by Gasteiger charge is 2.16. The summed E-state index contributed by atoms with van der Waals surface area (Å²) in [6.07, 6.45) is 0.872. The lowest BCUT2D eigenvalue weighted by Gasteiger charge is -2.26. The SMILES string of the molecule is COc1ccccc1S(=O)Cc1ccc(C(=O)NCCCN2CCOCC2)o1. The molecule has 1 unspecified atom stereocenters. The summed E-state index contributed by atoms with van der Waals surface area (Å²) >= 11 is 0. The number of methoxy groups -OCH3 is 1. The van der Waals surface area contributed by atoms with Gasteiger partial charge in [-0.1, -0.05) is 12.1 Å². The molecule has 0 radical (unpaired) electrons. The summed E-state index contributed by atoms with van der Waals surface area (Å²) in [5, 5.41) is 2.87. The van der Waals surface area contributed by atoms with Crippen molar-refractivity contribution in [2.45, 2.75) is 17.1 Å². The van der Waals surface area contributed by atoms with Crippen LogP contribution in [0, 0.1) is 0 Å². The van der Waals surface area contributed by atoms with E-state index in [2.05, 4.69) is 10.2 Å². The van der Waals surface area contributed by atoms with E-state index >= 15 is 0 Å². The summed E-state index contributed by atoms with van der Waals surface area (Å²) in [6.45, 7) is 4.96. The first-order valence-electron chi connectivity index (χ1n) is 9.36. The Labute approximate surface area is 167 Å². The highest BCUT2D eigenvalue weighted by Crippen LogP contribution is 2.24. The number of amides is 1. The van der Waals surface area contributed by atoms with E-state index in [4.69, 9.17) is 13.9 Å². The lowest BCUT2D eigenvalue weighted by atomic mass is 10.3. The predicted molar refractivity (Wildman–Crippen MR) is 106 cm³/mol. The van der Waals surface area contributed by atoms with Crippen molar-refractivity contribution in [3.8, 4) is 5.75 Å². The fourth-order valence-electron chi connectivity index (χ4n) is 3.01. The molecule has 1 amide bonds. The number of para-hydroxylation sites is 1. The van der Waals surface area contributed by atoms with E-state index < -0.39 is 10.8 Å². The van der Waals surface area contributed by atoms with Crippen LogP contribution in [0.5, 0.6) is 5.75 Å². The zero-order chi connectivity index (χ0) is 19.8. The summed E-state index contributed by atoms with van der Waals surface area (Å²) in [6, 6.07) is 10.5. The van der Waals surface area contributed by atoms with Crippen LogP contribution in [-0.4, -0.2) is 61.5 Å². The van der Waals surface area contributed by atoms with Crippen LogP contribution in [0.4, 0.5) is 0 Å². The fourth-order valence-corrected chi connectivity index (χ4v) is 4.18. The van der Waals surface area contributed by atoms with E-state index in [0.717, 1.165) is 39.3 Å². The quantitative estimate of drug-likeness (QED) is 0.642. The lowest BCUT2D eigenvalue weighted by molar-refractivity contribution is 0.0374. The molecule has 2 heterocycles. The molecule has 0 bridgehead atoms. The summed E-state index contributed by atoms with van der Waals surface area (Å²) in [7, 11) is 0.224. The van der Waals surface area contributed by atoms with Crippen LogP contribution in [0.2, 0.25) is 0 Å². The van der Waals surface area contributed by atoms with Gasteiger partial charge in [0.2, 0.25) is 0 Å². The Morgan fingerprint density at radius 3 is 2.79 bits per heavy atom. The molecule has 0 spiro atoms. The zero-order valence-electron chi connectivity index (χ0n) is 16.0. The fraction of sp³-hybridized carbons (Fsp3) is 0.450. The predicted octanol–water partition coefficient (Wildman–Crippen LogP) is 2.05. The molecule has 3 rings (SSSR count). The van der Waals surface area contributed by atoms with Gasteiger partial charge < -0.3 is 19.2 Å². The third-order valence-electron chi connectivity index (χ3n) is 4.51. The van der Waals surface area contributed by atoms with Crippen LogP contribution in [0.15, 0.2) is 45.7 Å². The molecule has 0 saturated carbocycles. The molecule has 1 N–H and O–H groups in total. The smallest absolute Gasteiger partial charge is 0.286 e. The highest BCUT2D eigenvalue weighted by atomic mass is 32.2. The maximum absolute atomic E-state index is 12.6. The lowest BCUT2D eigenvalue weighted by Crippen LogP contribution is -2.38. The second-order valence-corrected chi connectivity index (χ2v) is 7.89. The maximum Gasteiger partial charge on any atom is 0.286 e. The van der Waals surface area contributed by atoms with Gasteiger partial charge in [-0.05, 0) is 37.2 Å². The number of benzene rings is 1. The van der Waals surface area contributed by atoms with Gasteiger partial charge in [0.15, 0.2) is 5.76 Å². The number of ether oxygens (including phenoxy) is 2. The van der Waals surface area contributed by atoms with E-state index in [0.29, 0.717) is 22.9 Å². The maximum atomic E-state index is 12.6. The number of hydrogen-bond donors (Lipinski definition) is 1. The molecule has 2 aromatic rings. The topological polar surface area (TPSA) is 81.0 Å². The molecule has 0 aliphatic carbocycles. The normalized spacial score (nSPS) is 15.9. The molecular weight excluding hydrogens is 380 g/mol. The molecular formula is C20H26N2O5S. The van der Waals surface area contributed by atoms with Gasteiger partial charge in [-0.25, -0.2) is 0 Å². The number of carbonyl (C=O) groups is 1. The van der Waals surface area contributed by atoms with Gasteiger partial charge in [0.05, 0.1) is 41.8 Å². The molecule has 1 fully saturated rings. The number of furan rings is 1. The van der Waals surface area contributed by atoms with E-state index in [1.165, 1.54) is 0 Å². The van der Waals surface area contributed by atoms with Crippen molar-refractivity contribution < 1.29 is 22.9 Å². The molecule has 8 heteroatoms.